The fourth-order valence-corrected chi connectivity index (χ4v) is 1.74. The summed E-state index contributed by atoms with van der Waals surface area (Å²) in [6, 6.07) is 19.9. The van der Waals surface area contributed by atoms with E-state index in [2.05, 4.69) is 63.2 Å². The van der Waals surface area contributed by atoms with Gasteiger partial charge in [-0.2, -0.15) is 0 Å². The molecule has 0 fully saturated rings. The lowest BCUT2D eigenvalue weighted by Crippen LogP contribution is -2.10. The molecule has 0 aromatic heterocycles. The highest BCUT2D eigenvalue weighted by Gasteiger charge is 2.12. The number of benzene rings is 2. The quantitative estimate of drug-likeness (QED) is 0.651. The van der Waals surface area contributed by atoms with Gasteiger partial charge in [0.25, 0.3) is 0 Å². The summed E-state index contributed by atoms with van der Waals surface area (Å²) in [5.41, 5.74) is 4.11. The summed E-state index contributed by atoms with van der Waals surface area (Å²) in [5.74, 6) is 0. The molecular formula is C16H17. The molecule has 0 atom stereocenters. The Morgan fingerprint density at radius 1 is 0.750 bits per heavy atom. The molecule has 0 heteroatoms. The molecule has 2 aromatic rings. The van der Waals surface area contributed by atoms with E-state index in [4.69, 9.17) is 0 Å². The Balaban J connectivity index is 2.34. The van der Waals surface area contributed by atoms with E-state index in [9.17, 15) is 0 Å². The van der Waals surface area contributed by atoms with Crippen LogP contribution in [0, 0.1) is 6.07 Å². The van der Waals surface area contributed by atoms with Gasteiger partial charge in [0.1, 0.15) is 0 Å². The minimum Gasteiger partial charge on any atom is -0.0579 e. The SMILES string of the molecule is CC(C)(C)c1ccc(-c2cc[c]cc2)cc1. The third kappa shape index (κ3) is 2.33. The second-order valence-electron chi connectivity index (χ2n) is 5.12. The fourth-order valence-electron chi connectivity index (χ4n) is 1.74. The molecule has 1 radical (unpaired) electrons. The van der Waals surface area contributed by atoms with Crippen molar-refractivity contribution in [3.63, 3.8) is 0 Å². The Kier molecular flexibility index (Phi) is 2.82. The maximum Gasteiger partial charge on any atom is -0.0132 e. The first-order valence-corrected chi connectivity index (χ1v) is 5.64. The average Bonchev–Trinajstić information content (AvgIpc) is 2.29. The van der Waals surface area contributed by atoms with E-state index >= 15 is 0 Å². The van der Waals surface area contributed by atoms with E-state index in [0.29, 0.717) is 0 Å². The van der Waals surface area contributed by atoms with Gasteiger partial charge in [-0.05, 0) is 28.2 Å². The molecule has 0 unspecified atom stereocenters. The molecule has 0 aliphatic carbocycles. The zero-order valence-electron chi connectivity index (χ0n) is 10.1. The maximum atomic E-state index is 3.04. The zero-order chi connectivity index (χ0) is 11.6. The van der Waals surface area contributed by atoms with E-state index in [1.807, 2.05) is 12.1 Å². The molecule has 0 spiro atoms. The summed E-state index contributed by atoms with van der Waals surface area (Å²) < 4.78 is 0. The van der Waals surface area contributed by atoms with E-state index in [-0.39, 0.29) is 5.41 Å². The summed E-state index contributed by atoms with van der Waals surface area (Å²) in [6.45, 7) is 6.71. The highest BCUT2D eigenvalue weighted by atomic mass is 14.2. The van der Waals surface area contributed by atoms with Gasteiger partial charge in [-0.15, -0.1) is 0 Å². The zero-order valence-corrected chi connectivity index (χ0v) is 10.1. The van der Waals surface area contributed by atoms with Crippen LogP contribution in [0.2, 0.25) is 0 Å². The molecule has 0 saturated heterocycles. The molecule has 0 nitrogen and oxygen atoms in total. The van der Waals surface area contributed by atoms with E-state index in [1.54, 1.807) is 0 Å². The van der Waals surface area contributed by atoms with Crippen molar-refractivity contribution in [3.05, 3.63) is 60.2 Å². The molecule has 16 heavy (non-hydrogen) atoms. The second kappa shape index (κ2) is 4.13. The van der Waals surface area contributed by atoms with Crippen molar-refractivity contribution in [2.45, 2.75) is 26.2 Å². The van der Waals surface area contributed by atoms with Gasteiger partial charge in [0.15, 0.2) is 0 Å². The lowest BCUT2D eigenvalue weighted by Gasteiger charge is -2.19. The van der Waals surface area contributed by atoms with Gasteiger partial charge in [0.05, 0.1) is 0 Å². The van der Waals surface area contributed by atoms with Crippen LogP contribution in [0.5, 0.6) is 0 Å². The standard InChI is InChI=1S/C16H17/c1-16(2,3)15-11-9-14(10-12-15)13-7-5-4-6-8-13/h5-12H,1-3H3. The molecule has 0 bridgehead atoms. The summed E-state index contributed by atoms with van der Waals surface area (Å²) in [7, 11) is 0. The molecule has 0 aliphatic rings. The Bertz CT molecular complexity index is 444. The van der Waals surface area contributed by atoms with Crippen molar-refractivity contribution in [2.75, 3.05) is 0 Å². The first-order chi connectivity index (χ1) is 7.57. The van der Waals surface area contributed by atoms with Crippen molar-refractivity contribution in [2.24, 2.45) is 0 Å². The van der Waals surface area contributed by atoms with Crippen LogP contribution in [-0.4, -0.2) is 0 Å². The average molecular weight is 209 g/mol. The molecule has 81 valence electrons. The fraction of sp³-hybridized carbons (Fsp3) is 0.250. The lowest BCUT2D eigenvalue weighted by molar-refractivity contribution is 0.590. The number of hydrogen-bond donors (Lipinski definition) is 0. The first-order valence-electron chi connectivity index (χ1n) is 5.64. The largest absolute Gasteiger partial charge is 0.0579 e. The predicted octanol–water partition coefficient (Wildman–Crippen LogP) is 4.45. The summed E-state index contributed by atoms with van der Waals surface area (Å²) in [4.78, 5) is 0. The van der Waals surface area contributed by atoms with Gasteiger partial charge < -0.3 is 0 Å². The van der Waals surface area contributed by atoms with E-state index < -0.39 is 0 Å². The van der Waals surface area contributed by atoms with E-state index in [0.717, 1.165) is 0 Å². The van der Waals surface area contributed by atoms with Gasteiger partial charge in [-0.3, -0.25) is 0 Å². The van der Waals surface area contributed by atoms with E-state index in [1.165, 1.54) is 16.7 Å². The Hall–Kier alpha value is -1.56. The van der Waals surface area contributed by atoms with Crippen LogP contribution >= 0.6 is 0 Å². The summed E-state index contributed by atoms with van der Waals surface area (Å²) in [5, 5.41) is 0. The molecule has 0 N–H and O–H groups in total. The first kappa shape index (κ1) is 10.9. The molecule has 2 rings (SSSR count). The molecule has 0 amide bonds. The lowest BCUT2D eigenvalue weighted by atomic mass is 9.86. The number of hydrogen-bond acceptors (Lipinski definition) is 0. The molecule has 0 heterocycles. The second-order valence-corrected chi connectivity index (χ2v) is 5.12. The van der Waals surface area contributed by atoms with Gasteiger partial charge in [-0.25, -0.2) is 0 Å². The summed E-state index contributed by atoms with van der Waals surface area (Å²) >= 11 is 0. The van der Waals surface area contributed by atoms with Crippen LogP contribution in [0.4, 0.5) is 0 Å². The van der Waals surface area contributed by atoms with Crippen LogP contribution in [0.25, 0.3) is 11.1 Å². The normalized spacial score (nSPS) is 11.4. The topological polar surface area (TPSA) is 0 Å². The van der Waals surface area contributed by atoms with Gasteiger partial charge in [0.2, 0.25) is 0 Å². The van der Waals surface area contributed by atoms with Crippen molar-refractivity contribution in [1.29, 1.82) is 0 Å². The summed E-state index contributed by atoms with van der Waals surface area (Å²) in [6.07, 6.45) is 0. The Morgan fingerprint density at radius 3 is 1.75 bits per heavy atom. The Morgan fingerprint density at radius 2 is 1.25 bits per heavy atom. The van der Waals surface area contributed by atoms with Crippen molar-refractivity contribution in [3.8, 4) is 11.1 Å². The van der Waals surface area contributed by atoms with Crippen LogP contribution < -0.4 is 0 Å². The molecule has 2 aromatic carbocycles. The minimum atomic E-state index is 0.225. The Labute approximate surface area is 97.9 Å². The molecular weight excluding hydrogens is 192 g/mol. The third-order valence-electron chi connectivity index (χ3n) is 2.80. The van der Waals surface area contributed by atoms with Crippen LogP contribution in [-0.2, 0) is 5.41 Å². The maximum absolute atomic E-state index is 3.04. The van der Waals surface area contributed by atoms with Crippen LogP contribution in [0.15, 0.2) is 48.5 Å². The van der Waals surface area contributed by atoms with Crippen molar-refractivity contribution in [1.82, 2.24) is 0 Å². The highest BCUT2D eigenvalue weighted by Crippen LogP contribution is 2.25. The van der Waals surface area contributed by atoms with Gasteiger partial charge in [-0.1, -0.05) is 69.3 Å². The monoisotopic (exact) mass is 209 g/mol. The predicted molar refractivity (Wildman–Crippen MR) is 69.4 cm³/mol. The van der Waals surface area contributed by atoms with Crippen molar-refractivity contribution < 1.29 is 0 Å². The van der Waals surface area contributed by atoms with Crippen molar-refractivity contribution >= 4 is 0 Å². The van der Waals surface area contributed by atoms with Crippen LogP contribution in [0.3, 0.4) is 0 Å². The molecule has 0 saturated carbocycles. The van der Waals surface area contributed by atoms with Gasteiger partial charge >= 0.3 is 0 Å². The number of rotatable bonds is 1. The highest BCUT2D eigenvalue weighted by molar-refractivity contribution is 5.63. The minimum absolute atomic E-state index is 0.225. The van der Waals surface area contributed by atoms with Crippen LogP contribution in [0.1, 0.15) is 26.3 Å². The third-order valence-corrected chi connectivity index (χ3v) is 2.80. The molecule has 0 aliphatic heterocycles. The van der Waals surface area contributed by atoms with Gasteiger partial charge in [0, 0.05) is 0 Å². The smallest absolute Gasteiger partial charge is 0.0132 e.